The van der Waals surface area contributed by atoms with Gasteiger partial charge in [-0.05, 0) is 0 Å². The summed E-state index contributed by atoms with van der Waals surface area (Å²) < 4.78 is 16.8. The Bertz CT molecular complexity index is 527. The van der Waals surface area contributed by atoms with Crippen LogP contribution >= 0.6 is 8.46 Å². The lowest BCUT2D eigenvalue weighted by molar-refractivity contribution is -0.142. The molecular weight excluding hydrogens is 259 g/mol. The molecule has 0 aliphatic heterocycles. The molecule has 2 aromatic carbocycles. The Hall–Kier alpha value is -1.99. The summed E-state index contributed by atoms with van der Waals surface area (Å²) in [5.41, 5.74) is 1.34. The Morgan fingerprint density at radius 1 is 0.947 bits per heavy atom. The summed E-state index contributed by atoms with van der Waals surface area (Å²) in [5.74, 6) is -0.516. The van der Waals surface area contributed by atoms with Crippen LogP contribution in [0.4, 0.5) is 0 Å². The van der Waals surface area contributed by atoms with Crippen molar-refractivity contribution >= 4 is 14.4 Å². The third-order valence-corrected chi connectivity index (χ3v) is 4.15. The fourth-order valence-corrected chi connectivity index (χ4v) is 2.85. The molecule has 19 heavy (non-hydrogen) atoms. The monoisotopic (exact) mass is 273 g/mol. The first-order valence-corrected chi connectivity index (χ1v) is 6.75. The Labute approximate surface area is 113 Å². The van der Waals surface area contributed by atoms with Gasteiger partial charge in [-0.1, -0.05) is 65.2 Å². The molecular formula is C15H14O3P+. The molecule has 0 aliphatic carbocycles. The number of benzene rings is 2. The average Bonchev–Trinajstić information content (AvgIpc) is 2.50. The summed E-state index contributed by atoms with van der Waals surface area (Å²) >= 11 is 0. The molecule has 0 radical (unpaired) electrons. The number of methoxy groups -OCH3 is 1. The molecule has 96 valence electrons. The standard InChI is InChI=1S/C15H13O3P/c1-18-14(16)15(19-17,12-8-4-2-5-9-12)13-10-6-3-7-11-13/h2-11H,1H3/p+1. The normalized spacial score (nSPS) is 11.2. The van der Waals surface area contributed by atoms with Crippen molar-refractivity contribution in [3.05, 3.63) is 71.8 Å². The van der Waals surface area contributed by atoms with Crippen LogP contribution in [0.2, 0.25) is 0 Å². The first-order valence-electron chi connectivity index (χ1n) is 5.84. The highest BCUT2D eigenvalue weighted by molar-refractivity contribution is 7.27. The van der Waals surface area contributed by atoms with Gasteiger partial charge in [0.1, 0.15) is 0 Å². The van der Waals surface area contributed by atoms with Crippen molar-refractivity contribution in [2.75, 3.05) is 7.11 Å². The third-order valence-electron chi connectivity index (χ3n) is 3.06. The number of hydrogen-bond acceptors (Lipinski definition) is 3. The Balaban J connectivity index is 2.69. The van der Waals surface area contributed by atoms with Gasteiger partial charge in [-0.25, -0.2) is 4.79 Å². The van der Waals surface area contributed by atoms with Crippen molar-refractivity contribution in [1.29, 1.82) is 0 Å². The fraction of sp³-hybridized carbons (Fsp3) is 0.133. The Kier molecular flexibility index (Phi) is 4.08. The SMILES string of the molecule is COC(=O)C([PH+]=O)(c1ccccc1)c1ccccc1. The lowest BCUT2D eigenvalue weighted by Gasteiger charge is -2.19. The third kappa shape index (κ3) is 2.29. The van der Waals surface area contributed by atoms with E-state index in [4.69, 9.17) is 4.74 Å². The van der Waals surface area contributed by atoms with Crippen LogP contribution in [0.5, 0.6) is 0 Å². The molecule has 1 atom stereocenters. The van der Waals surface area contributed by atoms with Gasteiger partial charge in [0.15, 0.2) is 0 Å². The van der Waals surface area contributed by atoms with Gasteiger partial charge in [-0.15, -0.1) is 0 Å². The lowest BCUT2D eigenvalue weighted by atomic mass is 9.90. The second-order valence-corrected chi connectivity index (χ2v) is 5.03. The zero-order valence-electron chi connectivity index (χ0n) is 10.5. The highest BCUT2D eigenvalue weighted by Crippen LogP contribution is 2.42. The fourth-order valence-electron chi connectivity index (χ4n) is 2.09. The molecule has 0 saturated heterocycles. The van der Waals surface area contributed by atoms with E-state index < -0.39 is 19.6 Å². The zero-order valence-corrected chi connectivity index (χ0v) is 11.5. The molecule has 0 heterocycles. The Morgan fingerprint density at radius 2 is 1.37 bits per heavy atom. The molecule has 0 saturated carbocycles. The maximum absolute atomic E-state index is 12.3. The number of carbonyl (C=O) groups is 1. The van der Waals surface area contributed by atoms with Gasteiger partial charge in [0.2, 0.25) is 0 Å². The molecule has 0 fully saturated rings. The number of hydrogen-bond donors (Lipinski definition) is 0. The Morgan fingerprint density at radius 3 is 1.68 bits per heavy atom. The van der Waals surface area contributed by atoms with Crippen molar-refractivity contribution in [3.8, 4) is 0 Å². The van der Waals surface area contributed by atoms with Crippen LogP contribution in [-0.4, -0.2) is 13.1 Å². The summed E-state index contributed by atoms with van der Waals surface area (Å²) in [6, 6.07) is 18.1. The van der Waals surface area contributed by atoms with Crippen LogP contribution < -0.4 is 0 Å². The molecule has 0 amide bonds. The second-order valence-electron chi connectivity index (χ2n) is 4.08. The maximum Gasteiger partial charge on any atom is 0.370 e. The average molecular weight is 273 g/mol. The van der Waals surface area contributed by atoms with Crippen LogP contribution in [0.1, 0.15) is 11.1 Å². The molecule has 0 aliphatic rings. The number of esters is 1. The highest BCUT2D eigenvalue weighted by atomic mass is 31.1. The molecule has 0 N–H and O–H groups in total. The van der Waals surface area contributed by atoms with Crippen molar-refractivity contribution in [1.82, 2.24) is 0 Å². The summed E-state index contributed by atoms with van der Waals surface area (Å²) in [7, 11) is 0.445. The lowest BCUT2D eigenvalue weighted by Crippen LogP contribution is -2.32. The van der Waals surface area contributed by atoms with Crippen molar-refractivity contribution in [2.45, 2.75) is 5.16 Å². The maximum atomic E-state index is 12.3. The van der Waals surface area contributed by atoms with Gasteiger partial charge in [0.25, 0.3) is 0 Å². The van der Waals surface area contributed by atoms with E-state index in [0.29, 0.717) is 11.1 Å². The smallest absolute Gasteiger partial charge is 0.370 e. The van der Waals surface area contributed by atoms with Gasteiger partial charge in [-0.3, -0.25) is 0 Å². The highest BCUT2D eigenvalue weighted by Gasteiger charge is 2.52. The molecule has 0 bridgehead atoms. The minimum atomic E-state index is -1.25. The van der Waals surface area contributed by atoms with E-state index in [1.54, 1.807) is 24.3 Å². The minimum absolute atomic E-state index is 0.516. The van der Waals surface area contributed by atoms with Crippen LogP contribution in [0.3, 0.4) is 0 Å². The van der Waals surface area contributed by atoms with Gasteiger partial charge in [0, 0.05) is 11.1 Å². The first-order chi connectivity index (χ1) is 9.25. The van der Waals surface area contributed by atoms with Crippen LogP contribution in [-0.2, 0) is 19.3 Å². The largest absolute Gasteiger partial charge is 0.465 e. The number of rotatable bonds is 4. The molecule has 2 aromatic rings. The van der Waals surface area contributed by atoms with Crippen molar-refractivity contribution in [2.24, 2.45) is 0 Å². The van der Waals surface area contributed by atoms with E-state index in [0.717, 1.165) is 0 Å². The predicted molar refractivity (Wildman–Crippen MR) is 74.7 cm³/mol. The van der Waals surface area contributed by atoms with Crippen molar-refractivity contribution < 1.29 is 14.1 Å². The predicted octanol–water partition coefficient (Wildman–Crippen LogP) is 3.13. The van der Waals surface area contributed by atoms with E-state index >= 15 is 0 Å². The minimum Gasteiger partial charge on any atom is -0.465 e. The topological polar surface area (TPSA) is 43.4 Å². The molecule has 4 heteroatoms. The second kappa shape index (κ2) is 5.77. The first kappa shape index (κ1) is 13.4. The molecule has 3 nitrogen and oxygen atoms in total. The van der Waals surface area contributed by atoms with Gasteiger partial charge in [-0.2, -0.15) is 0 Å². The number of carbonyl (C=O) groups excluding carboxylic acids is 1. The summed E-state index contributed by atoms with van der Waals surface area (Å²) in [4.78, 5) is 12.3. The van der Waals surface area contributed by atoms with E-state index in [2.05, 4.69) is 0 Å². The van der Waals surface area contributed by atoms with Gasteiger partial charge in [0.05, 0.1) is 7.11 Å². The molecule has 1 unspecified atom stereocenters. The van der Waals surface area contributed by atoms with Gasteiger partial charge >= 0.3 is 19.6 Å². The van der Waals surface area contributed by atoms with Crippen molar-refractivity contribution in [3.63, 3.8) is 0 Å². The van der Waals surface area contributed by atoms with E-state index in [1.165, 1.54) is 7.11 Å². The van der Waals surface area contributed by atoms with Crippen LogP contribution in [0, 0.1) is 0 Å². The van der Waals surface area contributed by atoms with Crippen LogP contribution in [0.25, 0.3) is 0 Å². The van der Waals surface area contributed by atoms with E-state index in [9.17, 15) is 9.36 Å². The molecule has 0 aromatic heterocycles. The quantitative estimate of drug-likeness (QED) is 0.635. The number of ether oxygens (including phenoxy) is 1. The summed E-state index contributed by atoms with van der Waals surface area (Å²) in [5, 5.41) is -1.25. The summed E-state index contributed by atoms with van der Waals surface area (Å²) in [6.07, 6.45) is 0. The van der Waals surface area contributed by atoms with E-state index in [-0.39, 0.29) is 0 Å². The zero-order chi connectivity index (χ0) is 13.7. The van der Waals surface area contributed by atoms with E-state index in [1.807, 2.05) is 36.4 Å². The van der Waals surface area contributed by atoms with Gasteiger partial charge < -0.3 is 4.74 Å². The molecule has 0 spiro atoms. The van der Waals surface area contributed by atoms with Crippen LogP contribution in [0.15, 0.2) is 60.7 Å². The molecule has 2 rings (SSSR count). The summed E-state index contributed by atoms with van der Waals surface area (Å²) in [6.45, 7) is 0.